The van der Waals surface area contributed by atoms with E-state index in [2.05, 4.69) is 4.98 Å². The van der Waals surface area contributed by atoms with Gasteiger partial charge in [-0.1, -0.05) is 18.2 Å². The lowest BCUT2D eigenvalue weighted by atomic mass is 10.1. The molecule has 0 saturated carbocycles. The number of hydrogen-bond donors (Lipinski definition) is 1. The number of H-pyrrole nitrogens is 1. The number of ether oxygens (including phenoxy) is 2. The van der Waals surface area contributed by atoms with E-state index in [1.165, 1.54) is 13.1 Å². The Morgan fingerprint density at radius 3 is 2.68 bits per heavy atom. The second-order valence-electron chi connectivity index (χ2n) is 6.33. The topological polar surface area (TPSA) is 126 Å². The van der Waals surface area contributed by atoms with Crippen LogP contribution in [0.3, 0.4) is 0 Å². The van der Waals surface area contributed by atoms with Crippen LogP contribution in [0.15, 0.2) is 46.1 Å². The SMILES string of the molecule is Cc1cn(C2OC(COC(=O)c3ccccc3)C3OS(=O)OC32)c(=O)[nH]c1=O. The van der Waals surface area contributed by atoms with Gasteiger partial charge in [-0.25, -0.2) is 9.59 Å². The predicted octanol–water partition coefficient (Wildman–Crippen LogP) is -0.0379. The van der Waals surface area contributed by atoms with Gasteiger partial charge in [0.05, 0.1) is 5.56 Å². The Morgan fingerprint density at radius 1 is 1.21 bits per heavy atom. The smallest absolute Gasteiger partial charge is 0.338 e. The monoisotopic (exact) mass is 408 g/mol. The molecule has 0 aliphatic carbocycles. The summed E-state index contributed by atoms with van der Waals surface area (Å²) in [6, 6.07) is 8.40. The Balaban J connectivity index is 1.54. The molecule has 3 heterocycles. The van der Waals surface area contributed by atoms with Gasteiger partial charge in [-0.2, -0.15) is 4.21 Å². The van der Waals surface area contributed by atoms with Crippen LogP contribution >= 0.6 is 0 Å². The molecule has 1 aromatic heterocycles. The average molecular weight is 408 g/mol. The van der Waals surface area contributed by atoms with E-state index in [9.17, 15) is 18.6 Å². The third-order valence-corrected chi connectivity index (χ3v) is 5.23. The van der Waals surface area contributed by atoms with Crippen molar-refractivity contribution < 1.29 is 26.8 Å². The highest BCUT2D eigenvalue weighted by Gasteiger charge is 2.54. The van der Waals surface area contributed by atoms with Gasteiger partial charge >= 0.3 is 23.0 Å². The standard InChI is InChI=1S/C17H16N2O8S/c1-9-7-19(17(22)18-14(9)20)15-13-12(26-28(23)27-13)11(25-15)8-24-16(21)10-5-3-2-4-6-10/h2-7,11-13,15H,8H2,1H3,(H,18,20,22). The Morgan fingerprint density at radius 2 is 1.93 bits per heavy atom. The number of aryl methyl sites for hydroxylation is 1. The first-order valence-corrected chi connectivity index (χ1v) is 9.40. The minimum atomic E-state index is -2.02. The predicted molar refractivity (Wildman–Crippen MR) is 94.6 cm³/mol. The molecule has 0 bridgehead atoms. The van der Waals surface area contributed by atoms with Crippen LogP contribution in [0.25, 0.3) is 0 Å². The first-order chi connectivity index (χ1) is 13.4. The number of nitrogens with zero attached hydrogens (tertiary/aromatic N) is 1. The van der Waals surface area contributed by atoms with Crippen LogP contribution in [0.2, 0.25) is 0 Å². The van der Waals surface area contributed by atoms with E-state index in [0.29, 0.717) is 11.1 Å². The van der Waals surface area contributed by atoms with Crippen LogP contribution < -0.4 is 11.2 Å². The van der Waals surface area contributed by atoms with Crippen molar-refractivity contribution in [2.75, 3.05) is 6.61 Å². The van der Waals surface area contributed by atoms with Crippen LogP contribution in [-0.2, 0) is 29.2 Å². The maximum atomic E-state index is 12.2. The highest BCUT2D eigenvalue weighted by molar-refractivity contribution is 7.75. The summed E-state index contributed by atoms with van der Waals surface area (Å²) in [6.45, 7) is 1.34. The summed E-state index contributed by atoms with van der Waals surface area (Å²) < 4.78 is 34.4. The molecule has 0 spiro atoms. The normalized spacial score (nSPS) is 28.8. The molecule has 11 heteroatoms. The molecular formula is C17H16N2O8S. The van der Waals surface area contributed by atoms with Crippen molar-refractivity contribution in [1.82, 2.24) is 9.55 Å². The molecule has 2 saturated heterocycles. The fraction of sp³-hybridized carbons (Fsp3) is 0.353. The maximum absolute atomic E-state index is 12.2. The largest absolute Gasteiger partial charge is 0.459 e. The molecule has 2 aliphatic heterocycles. The molecule has 2 fully saturated rings. The summed E-state index contributed by atoms with van der Waals surface area (Å²) in [5.41, 5.74) is -0.564. The molecule has 2 aromatic rings. The molecule has 0 amide bonds. The van der Waals surface area contributed by atoms with Crippen molar-refractivity contribution in [1.29, 1.82) is 0 Å². The number of aromatic amines is 1. The van der Waals surface area contributed by atoms with E-state index in [1.54, 1.807) is 30.3 Å². The molecular weight excluding hydrogens is 392 g/mol. The second-order valence-corrected chi connectivity index (χ2v) is 7.13. The summed E-state index contributed by atoms with van der Waals surface area (Å²) in [5.74, 6) is -0.554. The van der Waals surface area contributed by atoms with Gasteiger partial charge in [-0.05, 0) is 19.1 Å². The van der Waals surface area contributed by atoms with Crippen molar-refractivity contribution in [2.24, 2.45) is 0 Å². The van der Waals surface area contributed by atoms with Gasteiger partial charge in [0.15, 0.2) is 12.3 Å². The zero-order valence-corrected chi connectivity index (χ0v) is 15.4. The summed E-state index contributed by atoms with van der Waals surface area (Å²) in [5, 5.41) is 0. The van der Waals surface area contributed by atoms with Gasteiger partial charge in [0, 0.05) is 11.8 Å². The quantitative estimate of drug-likeness (QED) is 0.699. The van der Waals surface area contributed by atoms with Crippen LogP contribution in [0.4, 0.5) is 0 Å². The molecule has 1 aromatic carbocycles. The zero-order chi connectivity index (χ0) is 19.8. The van der Waals surface area contributed by atoms with E-state index in [-0.39, 0.29) is 6.61 Å². The molecule has 10 nitrogen and oxygen atoms in total. The number of carbonyl (C=O) groups is 1. The first kappa shape index (κ1) is 18.7. The Hall–Kier alpha value is -2.60. The van der Waals surface area contributed by atoms with Crippen molar-refractivity contribution in [2.45, 2.75) is 31.5 Å². The van der Waals surface area contributed by atoms with Crippen molar-refractivity contribution >= 4 is 17.3 Å². The number of fused-ring (bicyclic) bond motifs is 1. The van der Waals surface area contributed by atoms with Crippen LogP contribution in [0.1, 0.15) is 22.1 Å². The number of carbonyl (C=O) groups excluding carboxylic acids is 1. The molecule has 148 valence electrons. The van der Waals surface area contributed by atoms with E-state index in [4.69, 9.17) is 17.8 Å². The lowest BCUT2D eigenvalue weighted by Crippen LogP contribution is -2.37. The summed E-state index contributed by atoms with van der Waals surface area (Å²) >= 11 is -2.02. The van der Waals surface area contributed by atoms with E-state index >= 15 is 0 Å². The Labute approximate surface area is 160 Å². The molecule has 2 aliphatic rings. The molecule has 0 radical (unpaired) electrons. The lowest BCUT2D eigenvalue weighted by molar-refractivity contribution is -0.0613. The first-order valence-electron chi connectivity index (χ1n) is 8.40. The maximum Gasteiger partial charge on any atom is 0.338 e. The van der Waals surface area contributed by atoms with Crippen LogP contribution in [0, 0.1) is 6.92 Å². The van der Waals surface area contributed by atoms with Gasteiger partial charge in [-0.15, -0.1) is 0 Å². The number of esters is 1. The average Bonchev–Trinajstić information content (AvgIpc) is 3.21. The highest BCUT2D eigenvalue weighted by atomic mass is 32.2. The van der Waals surface area contributed by atoms with Gasteiger partial charge in [0.1, 0.15) is 18.8 Å². The van der Waals surface area contributed by atoms with Crippen molar-refractivity contribution in [3.8, 4) is 0 Å². The van der Waals surface area contributed by atoms with E-state index < -0.39 is 53.1 Å². The highest BCUT2D eigenvalue weighted by Crippen LogP contribution is 2.38. The number of nitrogens with one attached hydrogen (secondary N) is 1. The van der Waals surface area contributed by atoms with Crippen molar-refractivity contribution in [3.05, 3.63) is 68.5 Å². The van der Waals surface area contributed by atoms with Crippen molar-refractivity contribution in [3.63, 3.8) is 0 Å². The second kappa shape index (κ2) is 7.43. The van der Waals surface area contributed by atoms with E-state index in [0.717, 1.165) is 4.57 Å². The third kappa shape index (κ3) is 3.44. The van der Waals surface area contributed by atoms with E-state index in [1.807, 2.05) is 0 Å². The Bertz CT molecular complexity index is 1030. The Kier molecular flexibility index (Phi) is 4.98. The van der Waals surface area contributed by atoms with Gasteiger partial charge < -0.3 is 9.47 Å². The summed E-state index contributed by atoms with van der Waals surface area (Å²) in [6.07, 6.45) is -2.17. The zero-order valence-electron chi connectivity index (χ0n) is 14.6. The van der Waals surface area contributed by atoms with Crippen LogP contribution in [-0.4, -0.2) is 44.6 Å². The minimum absolute atomic E-state index is 0.191. The molecule has 5 unspecified atom stereocenters. The number of benzene rings is 1. The number of aromatic nitrogens is 2. The number of hydrogen-bond acceptors (Lipinski definition) is 8. The molecule has 28 heavy (non-hydrogen) atoms. The summed E-state index contributed by atoms with van der Waals surface area (Å²) in [7, 11) is 0. The third-order valence-electron chi connectivity index (χ3n) is 4.47. The minimum Gasteiger partial charge on any atom is -0.459 e. The van der Waals surface area contributed by atoms with Gasteiger partial charge in [-0.3, -0.25) is 22.7 Å². The molecule has 4 rings (SSSR count). The molecule has 5 atom stereocenters. The fourth-order valence-electron chi connectivity index (χ4n) is 3.08. The molecule has 1 N–H and O–H groups in total. The number of rotatable bonds is 4. The fourth-order valence-corrected chi connectivity index (χ4v) is 3.93. The van der Waals surface area contributed by atoms with Crippen LogP contribution in [0.5, 0.6) is 0 Å². The van der Waals surface area contributed by atoms with Gasteiger partial charge in [0.2, 0.25) is 0 Å². The lowest BCUT2D eigenvalue weighted by Gasteiger charge is -2.18. The van der Waals surface area contributed by atoms with Gasteiger partial charge in [0.25, 0.3) is 5.56 Å². The summed E-state index contributed by atoms with van der Waals surface area (Å²) in [4.78, 5) is 38.1.